The number of halogens is 1. The van der Waals surface area contributed by atoms with Crippen molar-refractivity contribution in [3.8, 4) is 0 Å². The van der Waals surface area contributed by atoms with Crippen LogP contribution in [0.3, 0.4) is 0 Å². The van der Waals surface area contributed by atoms with Crippen LogP contribution < -0.4 is 4.80 Å². The largest absolute Gasteiger partial charge is 0.312 e. The van der Waals surface area contributed by atoms with Crippen LogP contribution in [-0.4, -0.2) is 10.5 Å². The second kappa shape index (κ2) is 6.64. The molecule has 3 nitrogen and oxygen atoms in total. The van der Waals surface area contributed by atoms with Crippen molar-refractivity contribution >= 4 is 43.4 Å². The molecule has 0 fully saturated rings. The molecule has 0 aliphatic rings. The highest BCUT2D eigenvalue weighted by Gasteiger charge is 2.10. The summed E-state index contributed by atoms with van der Waals surface area (Å²) in [5.41, 5.74) is 2.84. The maximum absolute atomic E-state index is 12.5. The zero-order valence-electron chi connectivity index (χ0n) is 12.6. The van der Waals surface area contributed by atoms with Crippen LogP contribution in [0.15, 0.2) is 64.6 Å². The van der Waals surface area contributed by atoms with Crippen LogP contribution >= 0.6 is 27.3 Å². The molecule has 1 amide bonds. The molecule has 5 heteroatoms. The molecule has 1 aromatic heterocycles. The van der Waals surface area contributed by atoms with Gasteiger partial charge in [-0.25, -0.2) is 0 Å². The molecule has 0 atom stereocenters. The quantitative estimate of drug-likeness (QED) is 0.600. The van der Waals surface area contributed by atoms with Gasteiger partial charge in [0.15, 0.2) is 4.80 Å². The van der Waals surface area contributed by atoms with Crippen LogP contribution in [0.1, 0.15) is 15.9 Å². The summed E-state index contributed by atoms with van der Waals surface area (Å²) in [6, 6.07) is 13.4. The van der Waals surface area contributed by atoms with Crippen molar-refractivity contribution in [1.82, 2.24) is 4.57 Å². The molecule has 3 rings (SSSR count). The Morgan fingerprint density at radius 1 is 1.35 bits per heavy atom. The summed E-state index contributed by atoms with van der Waals surface area (Å²) < 4.78 is 4.02. The first-order valence-electron chi connectivity index (χ1n) is 7.14. The molecule has 3 aromatic rings. The number of carbonyl (C=O) groups is 1. The van der Waals surface area contributed by atoms with Crippen LogP contribution in [0.2, 0.25) is 0 Å². The highest BCUT2D eigenvalue weighted by atomic mass is 79.9. The first kappa shape index (κ1) is 15.9. The SMILES string of the molecule is C=CCn1c(=NC(=O)c2cccc(Br)c2)sc2cccc(C)c21. The third kappa shape index (κ3) is 3.21. The van der Waals surface area contributed by atoms with Gasteiger partial charge in [-0.3, -0.25) is 4.79 Å². The van der Waals surface area contributed by atoms with Gasteiger partial charge in [0.2, 0.25) is 0 Å². The summed E-state index contributed by atoms with van der Waals surface area (Å²) in [4.78, 5) is 17.5. The Morgan fingerprint density at radius 2 is 2.13 bits per heavy atom. The van der Waals surface area contributed by atoms with Gasteiger partial charge < -0.3 is 4.57 Å². The predicted octanol–water partition coefficient (Wildman–Crippen LogP) is 4.70. The minimum Gasteiger partial charge on any atom is -0.312 e. The lowest BCUT2D eigenvalue weighted by molar-refractivity contribution is 0.0998. The van der Waals surface area contributed by atoms with E-state index in [2.05, 4.69) is 46.6 Å². The number of amides is 1. The van der Waals surface area contributed by atoms with E-state index in [-0.39, 0.29) is 5.91 Å². The molecule has 0 aliphatic carbocycles. The maximum atomic E-state index is 12.5. The molecule has 0 saturated carbocycles. The fourth-order valence-electron chi connectivity index (χ4n) is 2.46. The third-order valence-corrected chi connectivity index (χ3v) is 5.02. The number of hydrogen-bond acceptors (Lipinski definition) is 2. The number of aromatic nitrogens is 1. The minimum atomic E-state index is -0.242. The van der Waals surface area contributed by atoms with Gasteiger partial charge in [0.1, 0.15) is 0 Å². The fourth-order valence-corrected chi connectivity index (χ4v) is 3.98. The number of rotatable bonds is 3. The molecule has 116 valence electrons. The van der Waals surface area contributed by atoms with E-state index >= 15 is 0 Å². The van der Waals surface area contributed by atoms with Crippen molar-refractivity contribution in [1.29, 1.82) is 0 Å². The first-order valence-corrected chi connectivity index (χ1v) is 8.75. The lowest BCUT2D eigenvalue weighted by Crippen LogP contribution is -2.16. The number of fused-ring (bicyclic) bond motifs is 1. The zero-order chi connectivity index (χ0) is 16.4. The number of thiazole rings is 1. The molecule has 0 spiro atoms. The lowest BCUT2D eigenvalue weighted by Gasteiger charge is -2.03. The Kier molecular flexibility index (Phi) is 4.59. The number of benzene rings is 2. The highest BCUT2D eigenvalue weighted by molar-refractivity contribution is 9.10. The Morgan fingerprint density at radius 3 is 2.87 bits per heavy atom. The summed E-state index contributed by atoms with van der Waals surface area (Å²) in [7, 11) is 0. The third-order valence-electron chi connectivity index (χ3n) is 3.48. The molecule has 0 radical (unpaired) electrons. The number of allylic oxidation sites excluding steroid dienone is 1. The van der Waals surface area contributed by atoms with E-state index in [1.165, 1.54) is 11.3 Å². The van der Waals surface area contributed by atoms with Crippen molar-refractivity contribution in [3.63, 3.8) is 0 Å². The number of carbonyl (C=O) groups excluding carboxylic acids is 1. The molecular formula is C18H15BrN2OS. The topological polar surface area (TPSA) is 34.4 Å². The second-order valence-corrected chi connectivity index (χ2v) is 7.06. The molecule has 0 N–H and O–H groups in total. The molecule has 0 saturated heterocycles. The molecule has 0 unspecified atom stereocenters. The van der Waals surface area contributed by atoms with E-state index in [4.69, 9.17) is 0 Å². The average molecular weight is 387 g/mol. The van der Waals surface area contributed by atoms with E-state index in [1.807, 2.05) is 28.8 Å². The van der Waals surface area contributed by atoms with E-state index in [0.29, 0.717) is 16.9 Å². The zero-order valence-corrected chi connectivity index (χ0v) is 15.0. The summed E-state index contributed by atoms with van der Waals surface area (Å²) in [5, 5.41) is 0. The Bertz CT molecular complexity index is 969. The average Bonchev–Trinajstić information content (AvgIpc) is 2.86. The lowest BCUT2D eigenvalue weighted by atomic mass is 10.2. The van der Waals surface area contributed by atoms with Crippen molar-refractivity contribution in [2.24, 2.45) is 4.99 Å². The van der Waals surface area contributed by atoms with Gasteiger partial charge in [0, 0.05) is 16.6 Å². The fraction of sp³-hybridized carbons (Fsp3) is 0.111. The molecule has 0 aliphatic heterocycles. The standard InChI is InChI=1S/C18H15BrN2OS/c1-3-10-21-16-12(2)6-4-9-15(16)23-18(21)20-17(22)13-7-5-8-14(19)11-13/h3-9,11H,1,10H2,2H3. The first-order chi connectivity index (χ1) is 11.1. The van der Waals surface area contributed by atoms with E-state index in [1.54, 1.807) is 12.1 Å². The van der Waals surface area contributed by atoms with Crippen molar-refractivity contribution in [3.05, 3.63) is 75.5 Å². The summed E-state index contributed by atoms with van der Waals surface area (Å²) in [5.74, 6) is -0.242. The number of nitrogens with zero attached hydrogens (tertiary/aromatic N) is 2. The molecule has 0 bridgehead atoms. The normalized spacial score (nSPS) is 11.8. The molecular weight excluding hydrogens is 372 g/mol. The minimum absolute atomic E-state index is 0.242. The Hall–Kier alpha value is -1.98. The van der Waals surface area contributed by atoms with Crippen molar-refractivity contribution < 1.29 is 4.79 Å². The molecule has 1 heterocycles. The Labute approximate surface area is 146 Å². The van der Waals surface area contributed by atoms with Gasteiger partial charge in [-0.15, -0.1) is 6.58 Å². The van der Waals surface area contributed by atoms with Crippen molar-refractivity contribution in [2.45, 2.75) is 13.5 Å². The van der Waals surface area contributed by atoms with Crippen LogP contribution in [0.5, 0.6) is 0 Å². The maximum Gasteiger partial charge on any atom is 0.279 e. The van der Waals surface area contributed by atoms with Gasteiger partial charge in [0.05, 0.1) is 10.2 Å². The predicted molar refractivity (Wildman–Crippen MR) is 98.8 cm³/mol. The van der Waals surface area contributed by atoms with Gasteiger partial charge >= 0.3 is 0 Å². The number of aryl methyl sites for hydroxylation is 1. The summed E-state index contributed by atoms with van der Waals surface area (Å²) in [6.45, 7) is 6.50. The van der Waals surface area contributed by atoms with Crippen LogP contribution in [0.4, 0.5) is 0 Å². The van der Waals surface area contributed by atoms with Crippen molar-refractivity contribution in [2.75, 3.05) is 0 Å². The van der Waals surface area contributed by atoms with Gasteiger partial charge in [-0.1, -0.05) is 51.5 Å². The van der Waals surface area contributed by atoms with Crippen LogP contribution in [0, 0.1) is 6.92 Å². The highest BCUT2D eigenvalue weighted by Crippen LogP contribution is 2.21. The summed E-state index contributed by atoms with van der Waals surface area (Å²) >= 11 is 4.90. The smallest absolute Gasteiger partial charge is 0.279 e. The number of para-hydroxylation sites is 1. The van der Waals surface area contributed by atoms with E-state index in [0.717, 1.165) is 20.3 Å². The van der Waals surface area contributed by atoms with E-state index in [9.17, 15) is 4.79 Å². The van der Waals surface area contributed by atoms with E-state index < -0.39 is 0 Å². The van der Waals surface area contributed by atoms with Gasteiger partial charge in [0.25, 0.3) is 5.91 Å². The second-order valence-electron chi connectivity index (χ2n) is 5.13. The van der Waals surface area contributed by atoms with Crippen LogP contribution in [-0.2, 0) is 6.54 Å². The number of hydrogen-bond donors (Lipinski definition) is 0. The summed E-state index contributed by atoms with van der Waals surface area (Å²) in [6.07, 6.45) is 1.82. The molecule has 2 aromatic carbocycles. The Balaban J connectivity index is 2.18. The van der Waals surface area contributed by atoms with Gasteiger partial charge in [-0.05, 0) is 36.8 Å². The molecule has 23 heavy (non-hydrogen) atoms. The van der Waals surface area contributed by atoms with Gasteiger partial charge in [-0.2, -0.15) is 4.99 Å². The van der Waals surface area contributed by atoms with Crippen LogP contribution in [0.25, 0.3) is 10.2 Å². The monoisotopic (exact) mass is 386 g/mol.